The van der Waals surface area contributed by atoms with Crippen molar-refractivity contribution in [2.75, 3.05) is 52.3 Å². The molecule has 0 bridgehead atoms. The molecular formula is C11H20ClN5O2. The number of nitrogens with one attached hydrogen (secondary N) is 1. The second-order valence-corrected chi connectivity index (χ2v) is 4.20. The van der Waals surface area contributed by atoms with Crippen LogP contribution in [0.2, 0.25) is 5.28 Å². The smallest absolute Gasteiger partial charge is 0.322 e. The average Bonchev–Trinajstić information content (AvgIpc) is 2.36. The van der Waals surface area contributed by atoms with Gasteiger partial charge in [0.15, 0.2) is 0 Å². The van der Waals surface area contributed by atoms with E-state index in [0.717, 1.165) is 13.1 Å². The molecule has 0 fully saturated rings. The third-order valence-electron chi connectivity index (χ3n) is 2.31. The number of ether oxygens (including phenoxy) is 2. The van der Waals surface area contributed by atoms with Crippen molar-refractivity contribution >= 4 is 17.5 Å². The first-order valence-corrected chi connectivity index (χ1v) is 6.49. The average molecular weight is 290 g/mol. The maximum absolute atomic E-state index is 5.79. The summed E-state index contributed by atoms with van der Waals surface area (Å²) in [6, 6.07) is 0.234. The lowest BCUT2D eigenvalue weighted by Gasteiger charge is -2.16. The molecule has 0 radical (unpaired) electrons. The van der Waals surface area contributed by atoms with Crippen molar-refractivity contribution in [3.05, 3.63) is 5.28 Å². The van der Waals surface area contributed by atoms with Gasteiger partial charge in [0.2, 0.25) is 11.2 Å². The van der Waals surface area contributed by atoms with E-state index in [-0.39, 0.29) is 11.3 Å². The number of methoxy groups -OCH3 is 1. The Balaban J connectivity index is 2.40. The van der Waals surface area contributed by atoms with E-state index in [1.807, 2.05) is 14.0 Å². The molecule has 0 aromatic carbocycles. The molecule has 0 saturated heterocycles. The molecule has 0 atom stereocenters. The molecular weight excluding hydrogens is 270 g/mol. The summed E-state index contributed by atoms with van der Waals surface area (Å²) in [6.45, 7) is 5.47. The predicted molar refractivity (Wildman–Crippen MR) is 73.9 cm³/mol. The van der Waals surface area contributed by atoms with Crippen LogP contribution in [0.1, 0.15) is 6.92 Å². The van der Waals surface area contributed by atoms with Gasteiger partial charge in [-0.15, -0.1) is 0 Å². The molecule has 0 unspecified atom stereocenters. The summed E-state index contributed by atoms with van der Waals surface area (Å²) >= 11 is 5.79. The fraction of sp³-hybridized carbons (Fsp3) is 0.727. The monoisotopic (exact) mass is 289 g/mol. The van der Waals surface area contributed by atoms with Crippen molar-refractivity contribution in [1.82, 2.24) is 19.9 Å². The van der Waals surface area contributed by atoms with Crippen LogP contribution in [0.25, 0.3) is 0 Å². The molecule has 1 N–H and O–H groups in total. The maximum Gasteiger partial charge on any atom is 0.322 e. The minimum absolute atomic E-state index is 0.119. The van der Waals surface area contributed by atoms with E-state index in [0.29, 0.717) is 25.7 Å². The zero-order valence-electron chi connectivity index (χ0n) is 11.5. The first-order chi connectivity index (χ1) is 9.15. The number of nitrogens with zero attached hydrogens (tertiary/aromatic N) is 4. The molecule has 0 spiro atoms. The number of aromatic nitrogens is 3. The summed E-state index contributed by atoms with van der Waals surface area (Å²) < 4.78 is 10.2. The molecule has 0 saturated carbocycles. The van der Waals surface area contributed by atoms with Crippen LogP contribution in [0.15, 0.2) is 0 Å². The van der Waals surface area contributed by atoms with E-state index in [1.165, 1.54) is 0 Å². The first-order valence-electron chi connectivity index (χ1n) is 6.11. The van der Waals surface area contributed by atoms with Crippen LogP contribution >= 0.6 is 11.6 Å². The number of likely N-dealkylation sites (N-methyl/N-ethyl adjacent to an activating group) is 1. The van der Waals surface area contributed by atoms with Gasteiger partial charge in [-0.1, -0.05) is 0 Å². The molecule has 0 amide bonds. The maximum atomic E-state index is 5.79. The Morgan fingerprint density at radius 2 is 2.05 bits per heavy atom. The van der Waals surface area contributed by atoms with Crippen molar-refractivity contribution in [2.24, 2.45) is 0 Å². The second-order valence-electron chi connectivity index (χ2n) is 3.87. The highest BCUT2D eigenvalue weighted by atomic mass is 35.5. The van der Waals surface area contributed by atoms with E-state index in [1.54, 1.807) is 7.11 Å². The van der Waals surface area contributed by atoms with Gasteiger partial charge in [-0.05, 0) is 25.6 Å². The summed E-state index contributed by atoms with van der Waals surface area (Å²) in [4.78, 5) is 14.1. The molecule has 0 aliphatic heterocycles. The summed E-state index contributed by atoms with van der Waals surface area (Å²) in [6.07, 6.45) is 0. The Labute approximate surface area is 118 Å². The van der Waals surface area contributed by atoms with E-state index >= 15 is 0 Å². The Hall–Kier alpha value is -1.18. The van der Waals surface area contributed by atoms with Gasteiger partial charge in [-0.3, -0.25) is 0 Å². The summed E-state index contributed by atoms with van der Waals surface area (Å²) in [7, 11) is 3.71. The normalized spacial score (nSPS) is 10.8. The summed E-state index contributed by atoms with van der Waals surface area (Å²) in [5.41, 5.74) is 0. The molecule has 8 heteroatoms. The molecule has 108 valence electrons. The second kappa shape index (κ2) is 8.84. The number of anilines is 1. The highest BCUT2D eigenvalue weighted by Crippen LogP contribution is 2.10. The van der Waals surface area contributed by atoms with Crippen LogP contribution in [0.4, 0.5) is 5.95 Å². The Kier molecular flexibility index (Phi) is 7.39. The number of hydrogen-bond donors (Lipinski definition) is 1. The first kappa shape index (κ1) is 15.9. The van der Waals surface area contributed by atoms with E-state index in [4.69, 9.17) is 21.1 Å². The Bertz CT molecular complexity index is 380. The zero-order chi connectivity index (χ0) is 14.1. The Morgan fingerprint density at radius 3 is 2.74 bits per heavy atom. The molecule has 0 aliphatic carbocycles. The lowest BCUT2D eigenvalue weighted by Crippen LogP contribution is -2.28. The molecule has 1 rings (SSSR count). The molecule has 1 aromatic heterocycles. The van der Waals surface area contributed by atoms with Crippen molar-refractivity contribution in [3.63, 3.8) is 0 Å². The predicted octanol–water partition coefficient (Wildman–Crippen LogP) is 0.914. The highest BCUT2D eigenvalue weighted by Gasteiger charge is 2.05. The van der Waals surface area contributed by atoms with E-state index in [2.05, 4.69) is 25.2 Å². The van der Waals surface area contributed by atoms with Gasteiger partial charge in [-0.25, -0.2) is 0 Å². The van der Waals surface area contributed by atoms with Crippen molar-refractivity contribution < 1.29 is 9.47 Å². The third-order valence-corrected chi connectivity index (χ3v) is 2.48. The SMILES string of the molecule is CCOc1nc(Cl)nc(NCCN(C)CCOC)n1. The van der Waals surface area contributed by atoms with Crippen LogP contribution in [0, 0.1) is 0 Å². The fourth-order valence-electron chi connectivity index (χ4n) is 1.32. The van der Waals surface area contributed by atoms with E-state index < -0.39 is 0 Å². The van der Waals surface area contributed by atoms with Crippen LogP contribution in [0.5, 0.6) is 6.01 Å². The van der Waals surface area contributed by atoms with Gasteiger partial charge < -0.3 is 19.7 Å². The minimum Gasteiger partial charge on any atom is -0.464 e. The number of hydrogen-bond acceptors (Lipinski definition) is 7. The molecule has 19 heavy (non-hydrogen) atoms. The topological polar surface area (TPSA) is 72.4 Å². The molecule has 1 heterocycles. The molecule has 0 aliphatic rings. The lowest BCUT2D eigenvalue weighted by atomic mass is 10.5. The molecule has 7 nitrogen and oxygen atoms in total. The van der Waals surface area contributed by atoms with Gasteiger partial charge in [0.1, 0.15) is 0 Å². The third kappa shape index (κ3) is 6.51. The fourth-order valence-corrected chi connectivity index (χ4v) is 1.47. The summed E-state index contributed by atoms with van der Waals surface area (Å²) in [5.74, 6) is 0.420. The van der Waals surface area contributed by atoms with Gasteiger partial charge in [0, 0.05) is 26.7 Å². The van der Waals surface area contributed by atoms with Gasteiger partial charge >= 0.3 is 6.01 Å². The summed E-state index contributed by atoms with van der Waals surface area (Å²) in [5, 5.41) is 3.20. The van der Waals surface area contributed by atoms with E-state index in [9.17, 15) is 0 Å². The zero-order valence-corrected chi connectivity index (χ0v) is 12.3. The standard InChI is InChI=1S/C11H20ClN5O2/c1-4-19-11-15-9(12)14-10(16-11)13-5-6-17(2)7-8-18-3/h4-8H2,1-3H3,(H,13,14,15,16). The van der Waals surface area contributed by atoms with Gasteiger partial charge in [0.25, 0.3) is 0 Å². The van der Waals surface area contributed by atoms with Gasteiger partial charge in [-0.2, -0.15) is 15.0 Å². The van der Waals surface area contributed by atoms with Crippen molar-refractivity contribution in [2.45, 2.75) is 6.92 Å². The molecule has 1 aromatic rings. The van der Waals surface area contributed by atoms with Crippen molar-refractivity contribution in [3.8, 4) is 6.01 Å². The number of halogens is 1. The van der Waals surface area contributed by atoms with Crippen LogP contribution in [-0.2, 0) is 4.74 Å². The van der Waals surface area contributed by atoms with Crippen molar-refractivity contribution in [1.29, 1.82) is 0 Å². The quantitative estimate of drug-likeness (QED) is 0.724. The highest BCUT2D eigenvalue weighted by molar-refractivity contribution is 6.28. The largest absolute Gasteiger partial charge is 0.464 e. The van der Waals surface area contributed by atoms with Crippen LogP contribution < -0.4 is 10.1 Å². The lowest BCUT2D eigenvalue weighted by molar-refractivity contribution is 0.163. The minimum atomic E-state index is 0.119. The van der Waals surface area contributed by atoms with Gasteiger partial charge in [0.05, 0.1) is 13.2 Å². The van der Waals surface area contributed by atoms with Crippen LogP contribution in [0.3, 0.4) is 0 Å². The van der Waals surface area contributed by atoms with Crippen LogP contribution in [-0.4, -0.2) is 66.9 Å². The Morgan fingerprint density at radius 1 is 1.26 bits per heavy atom. The number of rotatable bonds is 9.